The van der Waals surface area contributed by atoms with Gasteiger partial charge in [0.25, 0.3) is 0 Å². The molecule has 20 heavy (non-hydrogen) atoms. The molecule has 2 aliphatic carbocycles. The van der Waals surface area contributed by atoms with E-state index in [0.29, 0.717) is 12.2 Å². The van der Waals surface area contributed by atoms with Crippen LogP contribution in [0.5, 0.6) is 0 Å². The minimum Gasteiger partial charge on any atom is -0.372 e. The highest BCUT2D eigenvalue weighted by molar-refractivity contribution is 4.85. The van der Waals surface area contributed by atoms with Crippen molar-refractivity contribution in [3.05, 3.63) is 0 Å². The van der Waals surface area contributed by atoms with Crippen LogP contribution in [-0.4, -0.2) is 49.8 Å². The van der Waals surface area contributed by atoms with Crippen molar-refractivity contribution in [2.24, 2.45) is 11.8 Å². The Hall–Kier alpha value is -0.120. The number of nitrogens with one attached hydrogen (secondary N) is 1. The van der Waals surface area contributed by atoms with Crippen molar-refractivity contribution < 1.29 is 4.74 Å². The summed E-state index contributed by atoms with van der Waals surface area (Å²) < 4.78 is 6.24. The molecule has 0 amide bonds. The largest absolute Gasteiger partial charge is 0.372 e. The normalized spacial score (nSPS) is 30.3. The first-order valence-corrected chi connectivity index (χ1v) is 8.92. The van der Waals surface area contributed by atoms with Crippen molar-refractivity contribution in [1.29, 1.82) is 0 Å². The summed E-state index contributed by atoms with van der Waals surface area (Å²) in [5.74, 6) is 2.02. The van der Waals surface area contributed by atoms with Gasteiger partial charge in [-0.2, -0.15) is 0 Å². The van der Waals surface area contributed by atoms with Crippen molar-refractivity contribution >= 4 is 0 Å². The molecule has 0 radical (unpaired) electrons. The summed E-state index contributed by atoms with van der Waals surface area (Å²) in [6.45, 7) is 8.27. The lowest BCUT2D eigenvalue weighted by Crippen LogP contribution is -2.36. The van der Waals surface area contributed by atoms with E-state index in [1.54, 1.807) is 0 Å². The third-order valence-corrected chi connectivity index (χ3v) is 4.88. The smallest absolute Gasteiger partial charge is 0.0707 e. The van der Waals surface area contributed by atoms with Gasteiger partial charge in [0, 0.05) is 26.2 Å². The highest BCUT2D eigenvalue weighted by Crippen LogP contribution is 2.34. The van der Waals surface area contributed by atoms with Crippen LogP contribution in [0.25, 0.3) is 0 Å². The quantitative estimate of drug-likeness (QED) is 0.623. The van der Waals surface area contributed by atoms with E-state index in [2.05, 4.69) is 17.1 Å². The fourth-order valence-electron chi connectivity index (χ4n) is 3.35. The molecule has 1 aliphatic heterocycles. The van der Waals surface area contributed by atoms with Crippen molar-refractivity contribution in [3.8, 4) is 0 Å². The number of hydrogen-bond donors (Lipinski definition) is 1. The molecule has 2 atom stereocenters. The molecular weight excluding hydrogens is 248 g/mol. The SMILES string of the molecule is CCCNCC1CCC(CN(CC2CC2)CC2CC2)O1. The van der Waals surface area contributed by atoms with Gasteiger partial charge in [-0.15, -0.1) is 0 Å². The molecule has 3 nitrogen and oxygen atoms in total. The Balaban J connectivity index is 1.36. The van der Waals surface area contributed by atoms with Gasteiger partial charge in [0.1, 0.15) is 0 Å². The molecule has 1 heterocycles. The Morgan fingerprint density at radius 2 is 1.55 bits per heavy atom. The van der Waals surface area contributed by atoms with E-state index in [9.17, 15) is 0 Å². The molecule has 3 fully saturated rings. The zero-order chi connectivity index (χ0) is 13.8. The van der Waals surface area contributed by atoms with Gasteiger partial charge in [-0.25, -0.2) is 0 Å². The second-order valence-corrected chi connectivity index (χ2v) is 7.27. The summed E-state index contributed by atoms with van der Waals surface area (Å²) in [4.78, 5) is 2.72. The Bertz CT molecular complexity index is 275. The van der Waals surface area contributed by atoms with Crippen molar-refractivity contribution in [2.45, 2.75) is 64.1 Å². The molecule has 3 aliphatic rings. The molecule has 0 aromatic heterocycles. The lowest BCUT2D eigenvalue weighted by Gasteiger charge is -2.25. The minimum absolute atomic E-state index is 0.468. The molecule has 2 unspecified atom stereocenters. The summed E-state index contributed by atoms with van der Waals surface area (Å²) in [6.07, 6.45) is 10.6. The van der Waals surface area contributed by atoms with Crippen LogP contribution in [0, 0.1) is 11.8 Å². The molecule has 116 valence electrons. The molecule has 3 rings (SSSR count). The lowest BCUT2D eigenvalue weighted by molar-refractivity contribution is 0.0217. The first-order chi connectivity index (χ1) is 9.83. The maximum absolute atomic E-state index is 6.24. The molecule has 0 aromatic carbocycles. The number of hydrogen-bond acceptors (Lipinski definition) is 3. The molecule has 2 saturated carbocycles. The Kier molecular flexibility index (Phi) is 5.36. The third-order valence-electron chi connectivity index (χ3n) is 4.88. The predicted octanol–water partition coefficient (Wildman–Crippen LogP) is 2.66. The zero-order valence-electron chi connectivity index (χ0n) is 13.2. The van der Waals surface area contributed by atoms with Gasteiger partial charge in [0.2, 0.25) is 0 Å². The highest BCUT2D eigenvalue weighted by Gasteiger charge is 2.32. The summed E-state index contributed by atoms with van der Waals surface area (Å²) >= 11 is 0. The van der Waals surface area contributed by atoms with E-state index < -0.39 is 0 Å². The van der Waals surface area contributed by atoms with Gasteiger partial charge < -0.3 is 15.0 Å². The summed E-state index contributed by atoms with van der Waals surface area (Å²) in [5.41, 5.74) is 0. The molecule has 1 N–H and O–H groups in total. The van der Waals surface area contributed by atoms with E-state index in [-0.39, 0.29) is 0 Å². The predicted molar refractivity (Wildman–Crippen MR) is 82.9 cm³/mol. The Labute approximate surface area is 124 Å². The number of nitrogens with zero attached hydrogens (tertiary/aromatic N) is 1. The van der Waals surface area contributed by atoms with Gasteiger partial charge in [-0.1, -0.05) is 6.92 Å². The van der Waals surface area contributed by atoms with Gasteiger partial charge in [-0.05, 0) is 63.3 Å². The van der Waals surface area contributed by atoms with E-state index in [1.807, 2.05) is 0 Å². The van der Waals surface area contributed by atoms with Crippen LogP contribution in [0.3, 0.4) is 0 Å². The standard InChI is InChI=1S/C17H32N2O/c1-2-9-18-10-16-7-8-17(20-16)13-19(11-14-3-4-14)12-15-5-6-15/h14-18H,2-13H2,1H3. The topological polar surface area (TPSA) is 24.5 Å². The van der Waals surface area contributed by atoms with Gasteiger partial charge in [0.15, 0.2) is 0 Å². The van der Waals surface area contributed by atoms with Crippen LogP contribution in [0.1, 0.15) is 51.9 Å². The van der Waals surface area contributed by atoms with Crippen molar-refractivity contribution in [1.82, 2.24) is 10.2 Å². The fraction of sp³-hybridized carbons (Fsp3) is 1.00. The average molecular weight is 280 g/mol. The van der Waals surface area contributed by atoms with Crippen LogP contribution in [0.4, 0.5) is 0 Å². The maximum Gasteiger partial charge on any atom is 0.0707 e. The monoisotopic (exact) mass is 280 g/mol. The third kappa shape index (κ3) is 5.01. The fourth-order valence-corrected chi connectivity index (χ4v) is 3.35. The zero-order valence-corrected chi connectivity index (χ0v) is 13.2. The van der Waals surface area contributed by atoms with Gasteiger partial charge >= 0.3 is 0 Å². The first-order valence-electron chi connectivity index (χ1n) is 8.92. The highest BCUT2D eigenvalue weighted by atomic mass is 16.5. The van der Waals surface area contributed by atoms with Crippen LogP contribution >= 0.6 is 0 Å². The minimum atomic E-state index is 0.468. The summed E-state index contributed by atoms with van der Waals surface area (Å²) in [7, 11) is 0. The maximum atomic E-state index is 6.24. The van der Waals surface area contributed by atoms with Gasteiger partial charge in [0.05, 0.1) is 12.2 Å². The Morgan fingerprint density at radius 1 is 0.900 bits per heavy atom. The van der Waals surface area contributed by atoms with E-state index >= 15 is 0 Å². The summed E-state index contributed by atoms with van der Waals surface area (Å²) in [6, 6.07) is 0. The second-order valence-electron chi connectivity index (χ2n) is 7.27. The average Bonchev–Trinajstić information content (AvgIpc) is 3.34. The lowest BCUT2D eigenvalue weighted by atomic mass is 10.1. The first kappa shape index (κ1) is 14.8. The molecule has 0 aromatic rings. The molecule has 1 saturated heterocycles. The molecule has 3 heteroatoms. The van der Waals surface area contributed by atoms with Gasteiger partial charge in [-0.3, -0.25) is 0 Å². The molecular formula is C17H32N2O. The Morgan fingerprint density at radius 3 is 2.15 bits per heavy atom. The van der Waals surface area contributed by atoms with Crippen LogP contribution in [0.2, 0.25) is 0 Å². The van der Waals surface area contributed by atoms with Crippen LogP contribution in [0.15, 0.2) is 0 Å². The van der Waals surface area contributed by atoms with E-state index in [0.717, 1.165) is 24.9 Å². The molecule has 0 spiro atoms. The van der Waals surface area contributed by atoms with E-state index in [1.165, 1.54) is 64.6 Å². The number of ether oxygens (including phenoxy) is 1. The van der Waals surface area contributed by atoms with Crippen molar-refractivity contribution in [2.75, 3.05) is 32.7 Å². The van der Waals surface area contributed by atoms with Crippen LogP contribution in [-0.2, 0) is 4.74 Å². The number of rotatable bonds is 10. The van der Waals surface area contributed by atoms with Crippen LogP contribution < -0.4 is 5.32 Å². The van der Waals surface area contributed by atoms with Crippen molar-refractivity contribution in [3.63, 3.8) is 0 Å². The second kappa shape index (κ2) is 7.24. The summed E-state index contributed by atoms with van der Waals surface area (Å²) in [5, 5.41) is 3.50. The molecule has 0 bridgehead atoms. The van der Waals surface area contributed by atoms with E-state index in [4.69, 9.17) is 4.74 Å².